The SMILES string of the molecule is NC(=O)c1ncc(NC(CCC2CC2)C(N)=O)nc1Nc1cnc2ccccc2c1. The summed E-state index contributed by atoms with van der Waals surface area (Å²) in [4.78, 5) is 36.6. The molecular weight excluding hydrogens is 382 g/mol. The van der Waals surface area contributed by atoms with Crippen molar-refractivity contribution in [3.8, 4) is 0 Å². The summed E-state index contributed by atoms with van der Waals surface area (Å²) in [6, 6.07) is 8.99. The predicted octanol–water partition coefficient (Wildman–Crippen LogP) is 2.32. The maximum Gasteiger partial charge on any atom is 0.271 e. The molecule has 6 N–H and O–H groups in total. The van der Waals surface area contributed by atoms with Crippen molar-refractivity contribution in [2.75, 3.05) is 10.6 Å². The van der Waals surface area contributed by atoms with E-state index in [0.717, 1.165) is 17.3 Å². The first-order chi connectivity index (χ1) is 14.5. The highest BCUT2D eigenvalue weighted by Crippen LogP contribution is 2.34. The van der Waals surface area contributed by atoms with Crippen LogP contribution < -0.4 is 22.1 Å². The van der Waals surface area contributed by atoms with Crippen molar-refractivity contribution < 1.29 is 9.59 Å². The second-order valence-corrected chi connectivity index (χ2v) is 7.48. The Bertz CT molecular complexity index is 1100. The number of nitrogens with one attached hydrogen (secondary N) is 2. The minimum atomic E-state index is -0.717. The van der Waals surface area contributed by atoms with Crippen LogP contribution in [0.4, 0.5) is 17.3 Å². The number of pyridine rings is 1. The van der Waals surface area contributed by atoms with Gasteiger partial charge in [0, 0.05) is 5.39 Å². The molecule has 2 aromatic heterocycles. The third-order valence-corrected chi connectivity index (χ3v) is 5.09. The Labute approximate surface area is 173 Å². The normalized spacial score (nSPS) is 14.3. The Balaban J connectivity index is 1.58. The fourth-order valence-corrected chi connectivity index (χ4v) is 3.28. The number of hydrogen-bond acceptors (Lipinski definition) is 7. The molecule has 1 aromatic carbocycles. The van der Waals surface area contributed by atoms with E-state index in [0.29, 0.717) is 23.8 Å². The zero-order valence-electron chi connectivity index (χ0n) is 16.3. The molecule has 1 saturated carbocycles. The zero-order valence-corrected chi connectivity index (χ0v) is 16.3. The third kappa shape index (κ3) is 4.62. The molecule has 9 heteroatoms. The van der Waals surface area contributed by atoms with Crippen molar-refractivity contribution in [2.24, 2.45) is 17.4 Å². The first kappa shape index (κ1) is 19.6. The van der Waals surface area contributed by atoms with Gasteiger partial charge in [0.1, 0.15) is 11.9 Å². The largest absolute Gasteiger partial charge is 0.368 e. The molecule has 9 nitrogen and oxygen atoms in total. The van der Waals surface area contributed by atoms with Crippen LogP contribution in [0.1, 0.15) is 36.2 Å². The molecule has 0 aliphatic heterocycles. The van der Waals surface area contributed by atoms with Gasteiger partial charge in [-0.2, -0.15) is 0 Å². The lowest BCUT2D eigenvalue weighted by atomic mass is 10.1. The number of hydrogen-bond donors (Lipinski definition) is 4. The first-order valence-corrected chi connectivity index (χ1v) is 9.84. The molecule has 2 heterocycles. The zero-order chi connectivity index (χ0) is 21.1. The topological polar surface area (TPSA) is 149 Å². The molecule has 4 rings (SSSR count). The molecule has 30 heavy (non-hydrogen) atoms. The molecule has 154 valence electrons. The average Bonchev–Trinajstić information content (AvgIpc) is 3.55. The molecule has 1 fully saturated rings. The van der Waals surface area contributed by atoms with Crippen LogP contribution in [-0.4, -0.2) is 32.8 Å². The number of fused-ring (bicyclic) bond motifs is 1. The van der Waals surface area contributed by atoms with Crippen LogP contribution in [0.25, 0.3) is 10.9 Å². The molecule has 1 unspecified atom stereocenters. The molecule has 1 aliphatic carbocycles. The van der Waals surface area contributed by atoms with E-state index in [2.05, 4.69) is 25.6 Å². The Morgan fingerprint density at radius 1 is 1.13 bits per heavy atom. The van der Waals surface area contributed by atoms with Gasteiger partial charge in [-0.25, -0.2) is 9.97 Å². The lowest BCUT2D eigenvalue weighted by Crippen LogP contribution is -2.36. The number of aromatic nitrogens is 3. The fourth-order valence-electron chi connectivity index (χ4n) is 3.28. The number of para-hydroxylation sites is 1. The number of carbonyl (C=O) groups is 2. The van der Waals surface area contributed by atoms with E-state index in [1.165, 1.54) is 19.0 Å². The fraction of sp³-hybridized carbons (Fsp3) is 0.286. The summed E-state index contributed by atoms with van der Waals surface area (Å²) in [6.07, 6.45) is 6.96. The molecular formula is C21H23N7O2. The van der Waals surface area contributed by atoms with Crippen LogP contribution in [0.2, 0.25) is 0 Å². The van der Waals surface area contributed by atoms with Gasteiger partial charge >= 0.3 is 0 Å². The minimum Gasteiger partial charge on any atom is -0.368 e. The van der Waals surface area contributed by atoms with E-state index >= 15 is 0 Å². The van der Waals surface area contributed by atoms with Crippen LogP contribution in [-0.2, 0) is 4.79 Å². The molecule has 0 saturated heterocycles. The number of carbonyl (C=O) groups excluding carboxylic acids is 2. The molecule has 0 spiro atoms. The number of nitrogens with two attached hydrogens (primary N) is 2. The Morgan fingerprint density at radius 2 is 1.93 bits per heavy atom. The maximum absolute atomic E-state index is 11.8. The summed E-state index contributed by atoms with van der Waals surface area (Å²) in [5, 5.41) is 7.01. The van der Waals surface area contributed by atoms with Gasteiger partial charge in [0.05, 0.1) is 23.6 Å². The molecule has 2 amide bonds. The Hall–Kier alpha value is -3.75. The van der Waals surface area contributed by atoms with Gasteiger partial charge < -0.3 is 22.1 Å². The third-order valence-electron chi connectivity index (χ3n) is 5.09. The van der Waals surface area contributed by atoms with Gasteiger partial charge in [-0.3, -0.25) is 14.6 Å². The second kappa shape index (κ2) is 8.32. The summed E-state index contributed by atoms with van der Waals surface area (Å²) in [7, 11) is 0. The van der Waals surface area contributed by atoms with Crippen molar-refractivity contribution in [2.45, 2.75) is 31.7 Å². The standard InChI is InChI=1S/C21H23N7O2/c22-19(29)16(8-7-12-5-6-12)27-17-11-25-18(20(23)30)21(28-17)26-14-9-13-3-1-2-4-15(13)24-10-14/h1-4,9-12,16H,5-8H2,(H2,22,29)(H2,23,30)(H2,26,27,28). The molecule has 1 aliphatic rings. The van der Waals surface area contributed by atoms with Crippen LogP contribution in [0.15, 0.2) is 42.7 Å². The molecule has 0 radical (unpaired) electrons. The van der Waals surface area contributed by atoms with Gasteiger partial charge in [-0.1, -0.05) is 31.0 Å². The van der Waals surface area contributed by atoms with Crippen molar-refractivity contribution in [1.82, 2.24) is 15.0 Å². The number of rotatable bonds is 9. The summed E-state index contributed by atoms with van der Waals surface area (Å²) >= 11 is 0. The smallest absolute Gasteiger partial charge is 0.271 e. The highest BCUT2D eigenvalue weighted by Gasteiger charge is 2.25. The van der Waals surface area contributed by atoms with E-state index in [4.69, 9.17) is 11.5 Å². The summed E-state index contributed by atoms with van der Waals surface area (Å²) < 4.78 is 0. The van der Waals surface area contributed by atoms with Crippen LogP contribution in [0.3, 0.4) is 0 Å². The van der Waals surface area contributed by atoms with Crippen molar-refractivity contribution in [3.05, 3.63) is 48.4 Å². The first-order valence-electron chi connectivity index (χ1n) is 9.84. The van der Waals surface area contributed by atoms with Gasteiger partial charge in [-0.15, -0.1) is 0 Å². The number of anilines is 3. The maximum atomic E-state index is 11.8. The van der Waals surface area contributed by atoms with E-state index in [1.54, 1.807) is 6.20 Å². The number of primary amides is 2. The van der Waals surface area contributed by atoms with Gasteiger partial charge in [0.2, 0.25) is 5.91 Å². The quantitative estimate of drug-likeness (QED) is 0.427. The number of benzene rings is 1. The van der Waals surface area contributed by atoms with Crippen LogP contribution in [0, 0.1) is 5.92 Å². The number of amides is 2. The van der Waals surface area contributed by atoms with Crippen LogP contribution in [0.5, 0.6) is 0 Å². The summed E-state index contributed by atoms with van der Waals surface area (Å²) in [5.74, 6) is 0.00981. The second-order valence-electron chi connectivity index (χ2n) is 7.48. The van der Waals surface area contributed by atoms with Gasteiger partial charge in [0.25, 0.3) is 5.91 Å². The summed E-state index contributed by atoms with van der Waals surface area (Å²) in [6.45, 7) is 0. The highest BCUT2D eigenvalue weighted by molar-refractivity contribution is 5.96. The monoisotopic (exact) mass is 405 g/mol. The minimum absolute atomic E-state index is 0.0117. The van der Waals surface area contributed by atoms with E-state index < -0.39 is 17.9 Å². The van der Waals surface area contributed by atoms with Gasteiger partial charge in [-0.05, 0) is 30.9 Å². The van der Waals surface area contributed by atoms with Crippen molar-refractivity contribution in [3.63, 3.8) is 0 Å². The van der Waals surface area contributed by atoms with E-state index in [-0.39, 0.29) is 11.5 Å². The van der Waals surface area contributed by atoms with Gasteiger partial charge in [0.15, 0.2) is 11.5 Å². The molecule has 3 aromatic rings. The van der Waals surface area contributed by atoms with Crippen molar-refractivity contribution >= 4 is 40.0 Å². The Kier molecular flexibility index (Phi) is 5.42. The lowest BCUT2D eigenvalue weighted by molar-refractivity contribution is -0.118. The molecule has 0 bridgehead atoms. The van der Waals surface area contributed by atoms with E-state index in [1.807, 2.05) is 30.3 Å². The van der Waals surface area contributed by atoms with Crippen LogP contribution >= 0.6 is 0 Å². The predicted molar refractivity (Wildman–Crippen MR) is 114 cm³/mol. The number of nitrogens with zero attached hydrogens (tertiary/aromatic N) is 3. The summed E-state index contributed by atoms with van der Waals surface area (Å²) in [5.41, 5.74) is 12.5. The average molecular weight is 405 g/mol. The lowest BCUT2D eigenvalue weighted by Gasteiger charge is -2.17. The molecule has 1 atom stereocenters. The Morgan fingerprint density at radius 3 is 2.67 bits per heavy atom. The van der Waals surface area contributed by atoms with E-state index in [9.17, 15) is 9.59 Å². The highest BCUT2D eigenvalue weighted by atomic mass is 16.1. The van der Waals surface area contributed by atoms with Crippen molar-refractivity contribution in [1.29, 1.82) is 0 Å².